The van der Waals surface area contributed by atoms with Crippen molar-refractivity contribution < 1.29 is 14.3 Å². The van der Waals surface area contributed by atoms with E-state index in [9.17, 15) is 14.4 Å². The van der Waals surface area contributed by atoms with Gasteiger partial charge in [0.05, 0.1) is 13.2 Å². The Hall–Kier alpha value is -2.15. The fraction of sp³-hybridized carbons (Fsp3) is 0.500. The molecule has 0 bridgehead atoms. The Balaban J connectivity index is 1.80. The van der Waals surface area contributed by atoms with Gasteiger partial charge in [-0.05, 0) is 12.8 Å². The second-order valence-corrected chi connectivity index (χ2v) is 5.29. The molecular weight excluding hydrogens is 274 g/mol. The summed E-state index contributed by atoms with van der Waals surface area (Å²) in [5.74, 6) is -0.644. The molecule has 1 atom stereocenters. The van der Waals surface area contributed by atoms with Gasteiger partial charge in [-0.3, -0.25) is 14.4 Å². The lowest BCUT2D eigenvalue weighted by Gasteiger charge is -2.34. The number of hydrogen-bond donors (Lipinski definition) is 2. The van der Waals surface area contributed by atoms with Gasteiger partial charge in [0.15, 0.2) is 5.43 Å². The molecular formula is C14H17N3O4. The van der Waals surface area contributed by atoms with Crippen LogP contribution in [0.3, 0.4) is 0 Å². The van der Waals surface area contributed by atoms with Crippen LogP contribution < -0.4 is 10.7 Å². The molecule has 0 radical (unpaired) electrons. The zero-order valence-electron chi connectivity index (χ0n) is 11.5. The van der Waals surface area contributed by atoms with Gasteiger partial charge in [-0.15, -0.1) is 0 Å². The van der Waals surface area contributed by atoms with E-state index in [1.807, 2.05) is 0 Å². The summed E-state index contributed by atoms with van der Waals surface area (Å²) < 4.78 is 5.31. The predicted octanol–water partition coefficient (Wildman–Crippen LogP) is -0.505. The Morgan fingerprint density at radius 1 is 1.38 bits per heavy atom. The summed E-state index contributed by atoms with van der Waals surface area (Å²) in [6, 6.07) is 0.843. The standard InChI is InChI=1S/C14H17N3O4/c18-12-3-4-15-7-10(12)14(20)17-5-6-21-8-11(17)13(19)16-9-1-2-9/h3-4,7,9,11H,1-2,5-6,8H2,(H,15,18)(H,16,19). The van der Waals surface area contributed by atoms with Gasteiger partial charge in [0, 0.05) is 31.0 Å². The highest BCUT2D eigenvalue weighted by Crippen LogP contribution is 2.20. The van der Waals surface area contributed by atoms with E-state index in [4.69, 9.17) is 4.74 Å². The molecule has 1 aromatic rings. The van der Waals surface area contributed by atoms with Crippen LogP contribution >= 0.6 is 0 Å². The number of aromatic amines is 1. The molecule has 2 N–H and O–H groups in total. The Labute approximate surface area is 121 Å². The minimum atomic E-state index is -0.675. The summed E-state index contributed by atoms with van der Waals surface area (Å²) in [7, 11) is 0. The molecule has 1 aromatic heterocycles. The van der Waals surface area contributed by atoms with E-state index in [2.05, 4.69) is 10.3 Å². The summed E-state index contributed by atoms with van der Waals surface area (Å²) in [4.78, 5) is 40.6. The number of morpholine rings is 1. The molecule has 2 fully saturated rings. The number of H-pyrrole nitrogens is 1. The van der Waals surface area contributed by atoms with E-state index >= 15 is 0 Å². The first-order valence-corrected chi connectivity index (χ1v) is 7.03. The maximum atomic E-state index is 12.5. The topological polar surface area (TPSA) is 91.5 Å². The van der Waals surface area contributed by atoms with Gasteiger partial charge in [-0.25, -0.2) is 0 Å². The van der Waals surface area contributed by atoms with Gasteiger partial charge in [0.1, 0.15) is 11.6 Å². The van der Waals surface area contributed by atoms with Crippen molar-refractivity contribution in [1.82, 2.24) is 15.2 Å². The van der Waals surface area contributed by atoms with Crippen molar-refractivity contribution in [2.75, 3.05) is 19.8 Å². The predicted molar refractivity (Wildman–Crippen MR) is 73.9 cm³/mol. The molecule has 1 saturated heterocycles. The number of rotatable bonds is 3. The van der Waals surface area contributed by atoms with Crippen LogP contribution in [0.1, 0.15) is 23.2 Å². The van der Waals surface area contributed by atoms with Crippen LogP contribution in [0.4, 0.5) is 0 Å². The highest BCUT2D eigenvalue weighted by Gasteiger charge is 2.36. The monoisotopic (exact) mass is 291 g/mol. The van der Waals surface area contributed by atoms with Crippen molar-refractivity contribution in [3.63, 3.8) is 0 Å². The van der Waals surface area contributed by atoms with Crippen molar-refractivity contribution >= 4 is 11.8 Å². The third-order valence-corrected chi connectivity index (χ3v) is 3.67. The molecule has 7 nitrogen and oxygen atoms in total. The lowest BCUT2D eigenvalue weighted by molar-refractivity contribution is -0.130. The first-order chi connectivity index (χ1) is 10.2. The van der Waals surface area contributed by atoms with Crippen LogP contribution in [-0.4, -0.2) is 53.5 Å². The van der Waals surface area contributed by atoms with Gasteiger partial charge in [-0.2, -0.15) is 0 Å². The van der Waals surface area contributed by atoms with Gasteiger partial charge < -0.3 is 19.9 Å². The molecule has 2 heterocycles. The zero-order chi connectivity index (χ0) is 14.8. The molecule has 3 rings (SSSR count). The normalized spacial score (nSPS) is 21.9. The average Bonchev–Trinajstić information content (AvgIpc) is 3.31. The number of pyridine rings is 1. The first-order valence-electron chi connectivity index (χ1n) is 7.03. The summed E-state index contributed by atoms with van der Waals surface area (Å²) >= 11 is 0. The summed E-state index contributed by atoms with van der Waals surface area (Å²) in [5, 5.41) is 2.88. The molecule has 2 aliphatic rings. The number of carbonyl (C=O) groups is 2. The first kappa shape index (κ1) is 13.8. The lowest BCUT2D eigenvalue weighted by atomic mass is 10.1. The number of ether oxygens (including phenoxy) is 1. The molecule has 1 aliphatic carbocycles. The van der Waals surface area contributed by atoms with E-state index in [-0.39, 0.29) is 29.5 Å². The molecule has 1 saturated carbocycles. The van der Waals surface area contributed by atoms with Crippen molar-refractivity contribution in [3.05, 3.63) is 34.2 Å². The van der Waals surface area contributed by atoms with Crippen molar-refractivity contribution in [3.8, 4) is 0 Å². The van der Waals surface area contributed by atoms with Crippen LogP contribution in [0, 0.1) is 0 Å². The number of nitrogens with zero attached hydrogens (tertiary/aromatic N) is 1. The zero-order valence-corrected chi connectivity index (χ0v) is 11.5. The number of nitrogens with one attached hydrogen (secondary N) is 2. The summed E-state index contributed by atoms with van der Waals surface area (Å²) in [6.45, 7) is 0.828. The van der Waals surface area contributed by atoms with E-state index in [0.717, 1.165) is 12.8 Å². The van der Waals surface area contributed by atoms with Crippen molar-refractivity contribution in [2.45, 2.75) is 24.9 Å². The minimum absolute atomic E-state index is 0.0450. The molecule has 7 heteroatoms. The Bertz CT molecular complexity index is 608. The minimum Gasteiger partial charge on any atom is -0.377 e. The maximum Gasteiger partial charge on any atom is 0.260 e. The number of amides is 2. The van der Waals surface area contributed by atoms with E-state index in [1.165, 1.54) is 23.4 Å². The third kappa shape index (κ3) is 2.97. The Morgan fingerprint density at radius 2 is 2.19 bits per heavy atom. The second-order valence-electron chi connectivity index (χ2n) is 5.29. The summed E-state index contributed by atoms with van der Waals surface area (Å²) in [6.07, 6.45) is 4.79. The second kappa shape index (κ2) is 5.69. The van der Waals surface area contributed by atoms with Gasteiger partial charge in [0.25, 0.3) is 5.91 Å². The van der Waals surface area contributed by atoms with Crippen LogP contribution in [0.25, 0.3) is 0 Å². The van der Waals surface area contributed by atoms with Crippen molar-refractivity contribution in [1.29, 1.82) is 0 Å². The maximum absolute atomic E-state index is 12.5. The molecule has 21 heavy (non-hydrogen) atoms. The molecule has 0 aromatic carbocycles. The largest absolute Gasteiger partial charge is 0.377 e. The number of aromatic nitrogens is 1. The number of carbonyl (C=O) groups excluding carboxylic acids is 2. The van der Waals surface area contributed by atoms with Gasteiger partial charge in [0.2, 0.25) is 5.91 Å². The lowest BCUT2D eigenvalue weighted by Crippen LogP contribution is -2.56. The van der Waals surface area contributed by atoms with Crippen LogP contribution in [-0.2, 0) is 9.53 Å². The van der Waals surface area contributed by atoms with Gasteiger partial charge >= 0.3 is 0 Å². The third-order valence-electron chi connectivity index (χ3n) is 3.67. The molecule has 112 valence electrons. The Kier molecular flexibility index (Phi) is 3.74. The molecule has 0 spiro atoms. The highest BCUT2D eigenvalue weighted by atomic mass is 16.5. The SMILES string of the molecule is O=C(NC1CC1)C1COCCN1C(=O)c1c[nH]ccc1=O. The van der Waals surface area contributed by atoms with Crippen LogP contribution in [0.15, 0.2) is 23.3 Å². The fourth-order valence-corrected chi connectivity index (χ4v) is 2.33. The number of hydrogen-bond acceptors (Lipinski definition) is 4. The highest BCUT2D eigenvalue weighted by molar-refractivity contribution is 5.97. The van der Waals surface area contributed by atoms with Crippen molar-refractivity contribution in [2.24, 2.45) is 0 Å². The van der Waals surface area contributed by atoms with E-state index in [0.29, 0.717) is 13.2 Å². The van der Waals surface area contributed by atoms with Crippen LogP contribution in [0.2, 0.25) is 0 Å². The molecule has 1 unspecified atom stereocenters. The average molecular weight is 291 g/mol. The Morgan fingerprint density at radius 3 is 2.90 bits per heavy atom. The van der Waals surface area contributed by atoms with Crippen LogP contribution in [0.5, 0.6) is 0 Å². The molecule has 2 amide bonds. The van der Waals surface area contributed by atoms with E-state index < -0.39 is 11.9 Å². The quantitative estimate of drug-likeness (QED) is 0.785. The smallest absolute Gasteiger partial charge is 0.260 e. The van der Waals surface area contributed by atoms with E-state index in [1.54, 1.807) is 0 Å². The fourth-order valence-electron chi connectivity index (χ4n) is 2.33. The van der Waals surface area contributed by atoms with Gasteiger partial charge in [-0.1, -0.05) is 0 Å². The summed E-state index contributed by atoms with van der Waals surface area (Å²) in [5.41, 5.74) is -0.310. The molecule has 1 aliphatic heterocycles.